The molecule has 5 aromatic rings. The molecule has 60 heavy (non-hydrogen) atoms. The summed E-state index contributed by atoms with van der Waals surface area (Å²) in [5, 5.41) is 14.1. The first-order valence-electron chi connectivity index (χ1n) is 18.5. The molecule has 2 aliphatic rings. The van der Waals surface area contributed by atoms with Crippen molar-refractivity contribution in [3.63, 3.8) is 0 Å². The van der Waals surface area contributed by atoms with E-state index in [0.717, 1.165) is 40.7 Å². The summed E-state index contributed by atoms with van der Waals surface area (Å²) >= 11 is 0. The molecule has 2 saturated heterocycles. The van der Waals surface area contributed by atoms with Crippen LogP contribution >= 0.6 is 0 Å². The zero-order valence-corrected chi connectivity index (χ0v) is 34.0. The maximum atomic E-state index is 14.5. The first-order valence-corrected chi connectivity index (χ1v) is 23.2. The summed E-state index contributed by atoms with van der Waals surface area (Å²) in [5.74, 6) is -3.06. The fraction of sp³-hybridized carbons (Fsp3) is 0.289. The normalized spacial score (nSPS) is 17.3. The number of nitro benzene ring substituents is 1. The SMILES string of the molecule is O=C(CN1CCN(S(=O)(=O)c2ccc([N+](=O)[O-])cc2)CC1)N[C@@H](Cc1cc(F)cc(F)c1)c1nc2ccccc2c(=O)n1-c1ccc(S(=O)(=O)N2CCS(=O)(=O)CC2)cc1. The van der Waals surface area contributed by atoms with E-state index in [4.69, 9.17) is 4.98 Å². The lowest BCUT2D eigenvalue weighted by Gasteiger charge is -2.34. The van der Waals surface area contributed by atoms with Crippen LogP contribution in [0.2, 0.25) is 0 Å². The van der Waals surface area contributed by atoms with Gasteiger partial charge in [-0.05, 0) is 66.2 Å². The van der Waals surface area contributed by atoms with Crippen LogP contribution in [-0.2, 0) is 41.1 Å². The number of nitrogens with one attached hydrogen (secondary N) is 1. The quantitative estimate of drug-likeness (QED) is 0.141. The molecule has 0 radical (unpaired) electrons. The number of carbonyl (C=O) groups excluding carboxylic acids is 1. The molecule has 7 rings (SSSR count). The molecular formula is C38H37F2N7O10S3. The average molecular weight is 886 g/mol. The number of para-hydroxylation sites is 1. The van der Waals surface area contributed by atoms with Gasteiger partial charge in [0, 0.05) is 63.9 Å². The summed E-state index contributed by atoms with van der Waals surface area (Å²) in [4.78, 5) is 44.7. The molecule has 1 N–H and O–H groups in total. The number of aromatic nitrogens is 2. The molecular weight excluding hydrogens is 849 g/mol. The first-order chi connectivity index (χ1) is 28.4. The largest absolute Gasteiger partial charge is 0.345 e. The fourth-order valence-corrected chi connectivity index (χ4v) is 11.4. The van der Waals surface area contributed by atoms with Crippen molar-refractivity contribution < 1.29 is 43.8 Å². The van der Waals surface area contributed by atoms with E-state index in [0.29, 0.717) is 6.07 Å². The van der Waals surface area contributed by atoms with E-state index in [1.165, 1.54) is 39.2 Å². The third kappa shape index (κ3) is 9.12. The topological polar surface area (TPSA) is 219 Å². The van der Waals surface area contributed by atoms with Gasteiger partial charge in [0.25, 0.3) is 11.2 Å². The van der Waals surface area contributed by atoms with Crippen LogP contribution in [0.3, 0.4) is 0 Å². The van der Waals surface area contributed by atoms with E-state index >= 15 is 0 Å². The van der Waals surface area contributed by atoms with Crippen LogP contribution < -0.4 is 10.9 Å². The Balaban J connectivity index is 1.18. The predicted octanol–water partition coefficient (Wildman–Crippen LogP) is 2.40. The zero-order chi connectivity index (χ0) is 43.0. The summed E-state index contributed by atoms with van der Waals surface area (Å²) in [6.07, 6.45) is -0.253. The van der Waals surface area contributed by atoms with E-state index in [2.05, 4.69) is 5.32 Å². The highest BCUT2D eigenvalue weighted by atomic mass is 32.2. The third-order valence-electron chi connectivity index (χ3n) is 10.2. The van der Waals surface area contributed by atoms with E-state index in [9.17, 15) is 53.7 Å². The Morgan fingerprint density at radius 1 is 0.800 bits per heavy atom. The molecule has 0 aliphatic carbocycles. The van der Waals surface area contributed by atoms with Crippen LogP contribution in [-0.4, -0.2) is 116 Å². The number of sulfonamides is 2. The van der Waals surface area contributed by atoms with Gasteiger partial charge in [0.1, 0.15) is 17.5 Å². The number of nitro groups is 1. The van der Waals surface area contributed by atoms with Gasteiger partial charge in [-0.2, -0.15) is 8.61 Å². The highest BCUT2D eigenvalue weighted by molar-refractivity contribution is 7.92. The van der Waals surface area contributed by atoms with Crippen LogP contribution in [0.4, 0.5) is 14.5 Å². The van der Waals surface area contributed by atoms with Gasteiger partial charge < -0.3 is 5.32 Å². The van der Waals surface area contributed by atoms with Crippen LogP contribution in [0, 0.1) is 21.7 Å². The average Bonchev–Trinajstić information content (AvgIpc) is 3.20. The van der Waals surface area contributed by atoms with Crippen molar-refractivity contribution >= 4 is 52.4 Å². The maximum Gasteiger partial charge on any atom is 0.269 e. The summed E-state index contributed by atoms with van der Waals surface area (Å²) in [5.41, 5.74) is -0.364. The van der Waals surface area contributed by atoms with Gasteiger partial charge in [-0.15, -0.1) is 0 Å². The van der Waals surface area contributed by atoms with Gasteiger partial charge in [-0.3, -0.25) is 29.2 Å². The summed E-state index contributed by atoms with van der Waals surface area (Å²) in [6.45, 7) is -0.448. The van der Waals surface area contributed by atoms with E-state index < -0.39 is 63.9 Å². The van der Waals surface area contributed by atoms with Crippen LogP contribution in [0.25, 0.3) is 16.6 Å². The number of nitrogens with zero attached hydrogens (tertiary/aromatic N) is 6. The number of fused-ring (bicyclic) bond motifs is 1. The number of carbonyl (C=O) groups is 1. The standard InChI is InChI=1S/C38H37F2N7O10S3/c39-27-21-26(22-28(40)24-27)23-35(41-36(48)25-43-13-15-44(16-14-43)59(54,55)32-11-7-30(8-12-32)47(50)51)37-42-34-4-2-1-3-33(34)38(49)46(37)29-5-9-31(10-6-29)60(56,57)45-17-19-58(52,53)20-18-45/h1-12,21-22,24,35H,13-20,23,25H2,(H,41,48)/t35-/m0/s1. The van der Waals surface area contributed by atoms with Crippen LogP contribution in [0.5, 0.6) is 0 Å². The number of sulfone groups is 1. The number of benzene rings is 4. The van der Waals surface area contributed by atoms with Crippen LogP contribution in [0.15, 0.2) is 106 Å². The van der Waals surface area contributed by atoms with Crippen molar-refractivity contribution in [1.82, 2.24) is 28.4 Å². The van der Waals surface area contributed by atoms with Gasteiger partial charge >= 0.3 is 0 Å². The Kier molecular flexibility index (Phi) is 12.0. The van der Waals surface area contributed by atoms with E-state index in [1.807, 2.05) is 0 Å². The predicted molar refractivity (Wildman–Crippen MR) is 214 cm³/mol. The van der Waals surface area contributed by atoms with E-state index in [1.54, 1.807) is 23.1 Å². The van der Waals surface area contributed by atoms with Crippen molar-refractivity contribution in [3.05, 3.63) is 134 Å². The second-order valence-corrected chi connectivity index (χ2v) is 20.4. The molecule has 0 spiro atoms. The third-order valence-corrected chi connectivity index (χ3v) is 15.7. The Morgan fingerprint density at radius 3 is 1.93 bits per heavy atom. The molecule has 0 unspecified atom stereocenters. The molecule has 0 saturated carbocycles. The number of non-ortho nitro benzene ring substituents is 1. The zero-order valence-electron chi connectivity index (χ0n) is 31.6. The molecule has 17 nitrogen and oxygen atoms in total. The van der Waals surface area contributed by atoms with Gasteiger partial charge in [-0.25, -0.2) is 39.0 Å². The van der Waals surface area contributed by atoms with Crippen molar-refractivity contribution in [1.29, 1.82) is 0 Å². The fourth-order valence-electron chi connectivity index (χ4n) is 7.12. The molecule has 1 atom stereocenters. The molecule has 1 amide bonds. The second-order valence-electron chi connectivity index (χ2n) is 14.2. The Labute approximate surface area is 343 Å². The lowest BCUT2D eigenvalue weighted by atomic mass is 10.0. The number of piperazine rings is 1. The minimum atomic E-state index is -4.12. The number of hydrogen-bond acceptors (Lipinski definition) is 12. The number of hydrogen-bond donors (Lipinski definition) is 1. The van der Waals surface area contributed by atoms with Crippen molar-refractivity contribution in [2.75, 3.05) is 57.3 Å². The molecule has 3 heterocycles. The Hall–Kier alpha value is -5.52. The summed E-state index contributed by atoms with van der Waals surface area (Å²) < 4.78 is 110. The maximum absolute atomic E-state index is 14.5. The van der Waals surface area contributed by atoms with Gasteiger partial charge in [0.05, 0.1) is 55.4 Å². The lowest BCUT2D eigenvalue weighted by molar-refractivity contribution is -0.384. The van der Waals surface area contributed by atoms with Crippen molar-refractivity contribution in [3.8, 4) is 5.69 Å². The minimum absolute atomic E-state index is 0.00700. The summed E-state index contributed by atoms with van der Waals surface area (Å²) in [6, 6.07) is 17.7. The molecule has 22 heteroatoms. The van der Waals surface area contributed by atoms with E-state index in [-0.39, 0.29) is 107 Å². The molecule has 2 fully saturated rings. The molecule has 4 aromatic carbocycles. The number of halogens is 2. The molecule has 2 aliphatic heterocycles. The Morgan fingerprint density at radius 2 is 1.35 bits per heavy atom. The molecule has 316 valence electrons. The lowest BCUT2D eigenvalue weighted by Crippen LogP contribution is -2.51. The van der Waals surface area contributed by atoms with Gasteiger partial charge in [0.15, 0.2) is 9.84 Å². The second kappa shape index (κ2) is 16.9. The summed E-state index contributed by atoms with van der Waals surface area (Å²) in [7, 11) is -11.5. The van der Waals surface area contributed by atoms with Gasteiger partial charge in [-0.1, -0.05) is 12.1 Å². The Bertz CT molecular complexity index is 2840. The van der Waals surface area contributed by atoms with Crippen LogP contribution in [0.1, 0.15) is 17.4 Å². The number of amides is 1. The first kappa shape index (κ1) is 42.6. The highest BCUT2D eigenvalue weighted by Crippen LogP contribution is 2.26. The minimum Gasteiger partial charge on any atom is -0.345 e. The molecule has 1 aromatic heterocycles. The van der Waals surface area contributed by atoms with Gasteiger partial charge in [0.2, 0.25) is 26.0 Å². The smallest absolute Gasteiger partial charge is 0.269 e. The monoisotopic (exact) mass is 885 g/mol. The highest BCUT2D eigenvalue weighted by Gasteiger charge is 2.33. The number of rotatable bonds is 12. The molecule has 0 bridgehead atoms. The van der Waals surface area contributed by atoms with Crippen molar-refractivity contribution in [2.24, 2.45) is 0 Å². The van der Waals surface area contributed by atoms with Crippen molar-refractivity contribution in [2.45, 2.75) is 22.3 Å².